The van der Waals surface area contributed by atoms with Gasteiger partial charge >= 0.3 is 12.1 Å². The highest BCUT2D eigenvalue weighted by Crippen LogP contribution is 2.38. The molecule has 30 heavy (non-hydrogen) atoms. The van der Waals surface area contributed by atoms with E-state index in [1.807, 2.05) is 0 Å². The van der Waals surface area contributed by atoms with Gasteiger partial charge < -0.3 is 24.8 Å². The van der Waals surface area contributed by atoms with Crippen LogP contribution in [0.25, 0.3) is 0 Å². The summed E-state index contributed by atoms with van der Waals surface area (Å²) < 4.78 is 54.7. The fourth-order valence-electron chi connectivity index (χ4n) is 2.54. The Morgan fingerprint density at radius 3 is 2.37 bits per heavy atom. The summed E-state index contributed by atoms with van der Waals surface area (Å²) in [7, 11) is 1.24. The minimum Gasteiger partial charge on any atom is -0.490 e. The molecule has 0 spiro atoms. The average Bonchev–Trinajstić information content (AvgIpc) is 2.69. The Balaban J connectivity index is 2.34. The highest BCUT2D eigenvalue weighted by atomic mass is 32.1. The second kappa shape index (κ2) is 10.1. The Morgan fingerprint density at radius 1 is 1.07 bits per heavy atom. The Labute approximate surface area is 177 Å². The van der Waals surface area contributed by atoms with Crippen molar-refractivity contribution >= 4 is 34.7 Å². The minimum absolute atomic E-state index is 0.000239. The van der Waals surface area contributed by atoms with Crippen molar-refractivity contribution in [3.63, 3.8) is 0 Å². The van der Waals surface area contributed by atoms with E-state index < -0.39 is 17.7 Å². The highest BCUT2D eigenvalue weighted by Gasteiger charge is 2.30. The van der Waals surface area contributed by atoms with Gasteiger partial charge in [0.05, 0.1) is 37.1 Å². The summed E-state index contributed by atoms with van der Waals surface area (Å²) in [6, 6.07) is 7.55. The molecule has 10 heteroatoms. The molecule has 0 amide bonds. The van der Waals surface area contributed by atoms with E-state index in [1.54, 1.807) is 13.8 Å². The largest absolute Gasteiger partial charge is 0.490 e. The average molecular weight is 442 g/mol. The number of halogens is 3. The van der Waals surface area contributed by atoms with Gasteiger partial charge in [-0.3, -0.25) is 0 Å². The zero-order chi connectivity index (χ0) is 22.3. The number of methoxy groups -OCH3 is 1. The topological polar surface area (TPSA) is 68.8 Å². The standard InChI is InChI=1S/C20H21F3N2O4S/c1-4-28-16-10-12(18(26)27-3)9-15(17(16)29-5-2)25-19(30)24-14-8-6-7-13(11-14)20(21,22)23/h6-11H,4-5H2,1-3H3,(H2,24,25,30). The normalized spacial score (nSPS) is 10.9. The van der Waals surface area contributed by atoms with Crippen LogP contribution in [-0.2, 0) is 10.9 Å². The number of carbonyl (C=O) groups excluding carboxylic acids is 1. The summed E-state index contributed by atoms with van der Waals surface area (Å²) in [5, 5.41) is 5.54. The summed E-state index contributed by atoms with van der Waals surface area (Å²) in [4.78, 5) is 12.0. The number of ether oxygens (including phenoxy) is 3. The third-order valence-corrected chi connectivity index (χ3v) is 3.96. The maximum absolute atomic E-state index is 12.9. The molecule has 0 radical (unpaired) electrons. The fraction of sp³-hybridized carbons (Fsp3) is 0.300. The number of nitrogens with one attached hydrogen (secondary N) is 2. The van der Waals surface area contributed by atoms with Crippen LogP contribution in [0, 0.1) is 0 Å². The zero-order valence-corrected chi connectivity index (χ0v) is 17.4. The smallest absolute Gasteiger partial charge is 0.416 e. The van der Waals surface area contributed by atoms with Crippen molar-refractivity contribution in [1.29, 1.82) is 0 Å². The molecule has 0 aromatic heterocycles. The molecule has 0 aliphatic carbocycles. The van der Waals surface area contributed by atoms with Crippen molar-refractivity contribution in [2.24, 2.45) is 0 Å². The number of rotatable bonds is 7. The molecule has 2 rings (SSSR count). The molecule has 0 bridgehead atoms. The van der Waals surface area contributed by atoms with Crippen molar-refractivity contribution < 1.29 is 32.2 Å². The van der Waals surface area contributed by atoms with Gasteiger partial charge in [0, 0.05) is 5.69 Å². The fourth-order valence-corrected chi connectivity index (χ4v) is 2.77. The molecule has 0 aliphatic rings. The molecular formula is C20H21F3N2O4S. The van der Waals surface area contributed by atoms with Gasteiger partial charge in [-0.1, -0.05) is 6.07 Å². The second-order valence-corrected chi connectivity index (χ2v) is 6.27. The molecule has 162 valence electrons. The monoisotopic (exact) mass is 442 g/mol. The summed E-state index contributed by atoms with van der Waals surface area (Å²) >= 11 is 5.23. The number of hydrogen-bond acceptors (Lipinski definition) is 5. The number of esters is 1. The molecule has 0 saturated heterocycles. The molecule has 2 aromatic carbocycles. The third-order valence-electron chi connectivity index (χ3n) is 3.76. The van der Waals surface area contributed by atoms with Crippen molar-refractivity contribution in [3.8, 4) is 11.5 Å². The van der Waals surface area contributed by atoms with Crippen molar-refractivity contribution in [3.05, 3.63) is 47.5 Å². The maximum Gasteiger partial charge on any atom is 0.416 e. The van der Waals surface area contributed by atoms with Crippen LogP contribution < -0.4 is 20.1 Å². The lowest BCUT2D eigenvalue weighted by atomic mass is 10.1. The van der Waals surface area contributed by atoms with Gasteiger partial charge in [-0.2, -0.15) is 13.2 Å². The molecule has 2 aromatic rings. The van der Waals surface area contributed by atoms with Crippen LogP contribution in [0.3, 0.4) is 0 Å². The maximum atomic E-state index is 12.9. The SMILES string of the molecule is CCOc1cc(C(=O)OC)cc(NC(=S)Nc2cccc(C(F)(F)F)c2)c1OCC. The first kappa shape index (κ1) is 23.3. The van der Waals surface area contributed by atoms with Gasteiger partial charge in [-0.25, -0.2) is 4.79 Å². The molecule has 0 unspecified atom stereocenters. The number of alkyl halides is 3. The first-order valence-electron chi connectivity index (χ1n) is 8.96. The Morgan fingerprint density at radius 2 is 1.77 bits per heavy atom. The van der Waals surface area contributed by atoms with Crippen LogP contribution in [0.4, 0.5) is 24.5 Å². The molecule has 6 nitrogen and oxygen atoms in total. The van der Waals surface area contributed by atoms with E-state index in [4.69, 9.17) is 26.4 Å². The van der Waals surface area contributed by atoms with Gasteiger partial charge in [0.25, 0.3) is 0 Å². The highest BCUT2D eigenvalue weighted by molar-refractivity contribution is 7.80. The van der Waals surface area contributed by atoms with Crippen LogP contribution in [0.1, 0.15) is 29.8 Å². The lowest BCUT2D eigenvalue weighted by Crippen LogP contribution is -2.20. The Bertz CT molecular complexity index is 919. The van der Waals surface area contributed by atoms with Crippen molar-refractivity contribution in [2.45, 2.75) is 20.0 Å². The number of benzene rings is 2. The van der Waals surface area contributed by atoms with E-state index >= 15 is 0 Å². The van der Waals surface area contributed by atoms with Crippen molar-refractivity contribution in [1.82, 2.24) is 0 Å². The molecule has 0 fully saturated rings. The number of hydrogen-bond donors (Lipinski definition) is 2. The number of carbonyl (C=O) groups is 1. The predicted molar refractivity (Wildman–Crippen MR) is 111 cm³/mol. The summed E-state index contributed by atoms with van der Waals surface area (Å²) in [5.74, 6) is 0.00521. The second-order valence-electron chi connectivity index (χ2n) is 5.87. The quantitative estimate of drug-likeness (QED) is 0.457. The molecule has 2 N–H and O–H groups in total. The van der Waals surface area contributed by atoms with Crippen LogP contribution in [-0.4, -0.2) is 31.4 Å². The van der Waals surface area contributed by atoms with E-state index in [9.17, 15) is 18.0 Å². The number of thiocarbonyl (C=S) groups is 1. The van der Waals surface area contributed by atoms with E-state index in [2.05, 4.69) is 10.6 Å². The Hall–Kier alpha value is -3.01. The van der Waals surface area contributed by atoms with E-state index in [0.29, 0.717) is 30.4 Å². The van der Waals surface area contributed by atoms with Crippen LogP contribution in [0.15, 0.2) is 36.4 Å². The molecular weight excluding hydrogens is 421 g/mol. The van der Waals surface area contributed by atoms with Gasteiger partial charge in [0.1, 0.15) is 0 Å². The van der Waals surface area contributed by atoms with E-state index in [-0.39, 0.29) is 16.4 Å². The molecule has 0 aliphatic heterocycles. The van der Waals surface area contributed by atoms with Crippen molar-refractivity contribution in [2.75, 3.05) is 31.0 Å². The number of anilines is 2. The first-order valence-corrected chi connectivity index (χ1v) is 9.37. The summed E-state index contributed by atoms with van der Waals surface area (Å²) in [6.45, 7) is 4.16. The summed E-state index contributed by atoms with van der Waals surface area (Å²) in [5.41, 5.74) is -0.174. The van der Waals surface area contributed by atoms with Gasteiger partial charge in [0.15, 0.2) is 16.6 Å². The van der Waals surface area contributed by atoms with Crippen LogP contribution in [0.5, 0.6) is 11.5 Å². The molecule has 0 heterocycles. The Kier molecular flexibility index (Phi) is 7.87. The van der Waals surface area contributed by atoms with Crippen LogP contribution >= 0.6 is 12.2 Å². The predicted octanol–water partition coefficient (Wildman–Crippen LogP) is 5.10. The lowest BCUT2D eigenvalue weighted by molar-refractivity contribution is -0.137. The third kappa shape index (κ3) is 5.99. The summed E-state index contributed by atoms with van der Waals surface area (Å²) in [6.07, 6.45) is -4.48. The van der Waals surface area contributed by atoms with E-state index in [0.717, 1.165) is 12.1 Å². The lowest BCUT2D eigenvalue weighted by Gasteiger charge is -2.19. The van der Waals surface area contributed by atoms with Gasteiger partial charge in [-0.15, -0.1) is 0 Å². The minimum atomic E-state index is -4.48. The van der Waals surface area contributed by atoms with E-state index in [1.165, 1.54) is 31.4 Å². The van der Waals surface area contributed by atoms with Gasteiger partial charge in [-0.05, 0) is 56.4 Å². The first-order chi connectivity index (χ1) is 14.2. The molecule has 0 atom stereocenters. The zero-order valence-electron chi connectivity index (χ0n) is 16.6. The van der Waals surface area contributed by atoms with Gasteiger partial charge in [0.2, 0.25) is 0 Å². The van der Waals surface area contributed by atoms with Crippen LogP contribution in [0.2, 0.25) is 0 Å². The molecule has 0 saturated carbocycles.